The molecule has 0 saturated carbocycles. The number of benzene rings is 1. The van der Waals surface area contributed by atoms with Crippen LogP contribution in [0.1, 0.15) is 18.2 Å². The summed E-state index contributed by atoms with van der Waals surface area (Å²) in [5.74, 6) is 0. The smallest absolute Gasteiger partial charge is 0.184 e. The third kappa shape index (κ3) is 2.46. The minimum Gasteiger partial charge on any atom is -0.357 e. The quantitative estimate of drug-likeness (QED) is 0.793. The molecule has 98 valence electrons. The van der Waals surface area contributed by atoms with Gasteiger partial charge in [0.05, 0.1) is 15.9 Å². The Labute approximate surface area is 116 Å². The van der Waals surface area contributed by atoms with Crippen LogP contribution in [0.5, 0.6) is 0 Å². The average Bonchev–Trinajstić information content (AvgIpc) is 2.98. The fourth-order valence-electron chi connectivity index (χ4n) is 2.15. The van der Waals surface area contributed by atoms with Gasteiger partial charge in [-0.2, -0.15) is 5.10 Å². The van der Waals surface area contributed by atoms with Crippen LogP contribution in [0, 0.1) is 0 Å². The highest BCUT2D eigenvalue weighted by Crippen LogP contribution is 2.25. The lowest BCUT2D eigenvalue weighted by Crippen LogP contribution is -2.00. The number of para-hydroxylation sites is 1. The summed E-state index contributed by atoms with van der Waals surface area (Å²) in [5, 5.41) is 8.80. The SMILES string of the molecule is CCc1nn(C)cc1CNc1nc2ccccc2s1. The second kappa shape index (κ2) is 5.01. The molecular formula is C14H16N4S. The molecule has 5 heteroatoms. The van der Waals surface area contributed by atoms with Crippen molar-refractivity contribution in [1.29, 1.82) is 0 Å². The third-order valence-electron chi connectivity index (χ3n) is 3.05. The molecule has 0 spiro atoms. The van der Waals surface area contributed by atoms with Crippen molar-refractivity contribution in [2.24, 2.45) is 7.05 Å². The molecule has 0 atom stereocenters. The van der Waals surface area contributed by atoms with Crippen LogP contribution in [0.3, 0.4) is 0 Å². The van der Waals surface area contributed by atoms with E-state index in [1.165, 1.54) is 10.3 Å². The first-order valence-electron chi connectivity index (χ1n) is 6.37. The van der Waals surface area contributed by atoms with Crippen molar-refractivity contribution < 1.29 is 0 Å². The monoisotopic (exact) mass is 272 g/mol. The summed E-state index contributed by atoms with van der Waals surface area (Å²) in [6.07, 6.45) is 3.02. The van der Waals surface area contributed by atoms with Gasteiger partial charge in [-0.3, -0.25) is 4.68 Å². The summed E-state index contributed by atoms with van der Waals surface area (Å²) in [5.41, 5.74) is 3.44. The van der Waals surface area contributed by atoms with Crippen molar-refractivity contribution in [3.63, 3.8) is 0 Å². The van der Waals surface area contributed by atoms with Gasteiger partial charge in [-0.05, 0) is 18.6 Å². The van der Waals surface area contributed by atoms with E-state index >= 15 is 0 Å². The molecule has 1 N–H and O–H groups in total. The largest absolute Gasteiger partial charge is 0.357 e. The second-order valence-corrected chi connectivity index (χ2v) is 5.50. The zero-order valence-corrected chi connectivity index (χ0v) is 11.9. The van der Waals surface area contributed by atoms with E-state index in [9.17, 15) is 0 Å². The maximum atomic E-state index is 4.57. The Morgan fingerprint density at radius 2 is 2.16 bits per heavy atom. The van der Waals surface area contributed by atoms with Gasteiger partial charge in [0, 0.05) is 25.4 Å². The first-order valence-corrected chi connectivity index (χ1v) is 7.18. The molecular weight excluding hydrogens is 256 g/mol. The molecule has 0 aliphatic heterocycles. The number of aryl methyl sites for hydroxylation is 2. The molecule has 0 unspecified atom stereocenters. The van der Waals surface area contributed by atoms with Crippen LogP contribution in [-0.2, 0) is 20.0 Å². The summed E-state index contributed by atoms with van der Waals surface area (Å²) in [6.45, 7) is 2.90. The Morgan fingerprint density at radius 1 is 1.32 bits per heavy atom. The molecule has 0 fully saturated rings. The summed E-state index contributed by atoms with van der Waals surface area (Å²) in [6, 6.07) is 8.20. The van der Waals surface area contributed by atoms with Gasteiger partial charge < -0.3 is 5.32 Å². The molecule has 0 radical (unpaired) electrons. The lowest BCUT2D eigenvalue weighted by atomic mass is 10.2. The van der Waals surface area contributed by atoms with E-state index in [1.807, 2.05) is 29.9 Å². The van der Waals surface area contributed by atoms with Crippen LogP contribution in [0.4, 0.5) is 5.13 Å². The zero-order valence-electron chi connectivity index (χ0n) is 11.1. The van der Waals surface area contributed by atoms with Gasteiger partial charge in [0.25, 0.3) is 0 Å². The van der Waals surface area contributed by atoms with Crippen molar-refractivity contribution >= 4 is 26.7 Å². The standard InChI is InChI=1S/C14H16N4S/c1-3-11-10(9-18(2)17-11)8-15-14-16-12-6-4-5-7-13(12)19-14/h4-7,9H,3,8H2,1-2H3,(H,15,16). The number of aromatic nitrogens is 3. The Morgan fingerprint density at radius 3 is 2.95 bits per heavy atom. The molecule has 1 aromatic carbocycles. The van der Waals surface area contributed by atoms with Gasteiger partial charge in [-0.25, -0.2) is 4.98 Å². The highest BCUT2D eigenvalue weighted by Gasteiger charge is 2.07. The predicted molar refractivity (Wildman–Crippen MR) is 79.5 cm³/mol. The Bertz CT molecular complexity index is 665. The Hall–Kier alpha value is -1.88. The predicted octanol–water partition coefficient (Wildman–Crippen LogP) is 3.20. The number of thiazole rings is 1. The van der Waals surface area contributed by atoms with Crippen molar-refractivity contribution in [3.8, 4) is 0 Å². The Balaban J connectivity index is 1.78. The lowest BCUT2D eigenvalue weighted by Gasteiger charge is -2.01. The van der Waals surface area contributed by atoms with Gasteiger partial charge in [0.1, 0.15) is 0 Å². The van der Waals surface area contributed by atoms with Crippen LogP contribution in [-0.4, -0.2) is 14.8 Å². The van der Waals surface area contributed by atoms with Gasteiger partial charge >= 0.3 is 0 Å². The summed E-state index contributed by atoms with van der Waals surface area (Å²) in [4.78, 5) is 4.57. The molecule has 0 aliphatic rings. The van der Waals surface area contributed by atoms with E-state index in [-0.39, 0.29) is 0 Å². The zero-order chi connectivity index (χ0) is 13.2. The summed E-state index contributed by atoms with van der Waals surface area (Å²) < 4.78 is 3.08. The van der Waals surface area contributed by atoms with Crippen LogP contribution >= 0.6 is 11.3 Å². The van der Waals surface area contributed by atoms with Gasteiger partial charge in [-0.15, -0.1) is 0 Å². The molecule has 0 amide bonds. The van der Waals surface area contributed by atoms with E-state index in [2.05, 4.69) is 34.6 Å². The number of hydrogen-bond donors (Lipinski definition) is 1. The normalized spacial score (nSPS) is 11.1. The van der Waals surface area contributed by atoms with E-state index in [0.717, 1.165) is 29.3 Å². The van der Waals surface area contributed by atoms with E-state index in [4.69, 9.17) is 0 Å². The summed E-state index contributed by atoms with van der Waals surface area (Å²) >= 11 is 1.69. The molecule has 4 nitrogen and oxygen atoms in total. The molecule has 3 rings (SSSR count). The number of nitrogens with zero attached hydrogens (tertiary/aromatic N) is 3. The number of nitrogens with one attached hydrogen (secondary N) is 1. The van der Waals surface area contributed by atoms with Crippen LogP contribution in [0.2, 0.25) is 0 Å². The first-order chi connectivity index (χ1) is 9.26. The van der Waals surface area contributed by atoms with Gasteiger partial charge in [-0.1, -0.05) is 30.4 Å². The highest BCUT2D eigenvalue weighted by molar-refractivity contribution is 7.22. The molecule has 0 saturated heterocycles. The van der Waals surface area contributed by atoms with E-state index in [0.29, 0.717) is 0 Å². The van der Waals surface area contributed by atoms with E-state index < -0.39 is 0 Å². The van der Waals surface area contributed by atoms with Crippen LogP contribution in [0.15, 0.2) is 30.5 Å². The maximum Gasteiger partial charge on any atom is 0.184 e. The third-order valence-corrected chi connectivity index (χ3v) is 4.04. The number of hydrogen-bond acceptors (Lipinski definition) is 4. The average molecular weight is 272 g/mol. The molecule has 2 heterocycles. The first kappa shape index (κ1) is 12.2. The van der Waals surface area contributed by atoms with Crippen LogP contribution in [0.25, 0.3) is 10.2 Å². The van der Waals surface area contributed by atoms with Crippen molar-refractivity contribution in [1.82, 2.24) is 14.8 Å². The molecule has 0 aliphatic carbocycles. The molecule has 19 heavy (non-hydrogen) atoms. The number of anilines is 1. The Kier molecular flexibility index (Phi) is 3.21. The second-order valence-electron chi connectivity index (χ2n) is 4.47. The van der Waals surface area contributed by atoms with Crippen molar-refractivity contribution in [2.75, 3.05) is 5.32 Å². The number of rotatable bonds is 4. The van der Waals surface area contributed by atoms with Crippen molar-refractivity contribution in [2.45, 2.75) is 19.9 Å². The maximum absolute atomic E-state index is 4.57. The van der Waals surface area contributed by atoms with Crippen molar-refractivity contribution in [3.05, 3.63) is 41.7 Å². The van der Waals surface area contributed by atoms with Gasteiger partial charge in [0.15, 0.2) is 5.13 Å². The lowest BCUT2D eigenvalue weighted by molar-refractivity contribution is 0.746. The minimum atomic E-state index is 0.775. The summed E-state index contributed by atoms with van der Waals surface area (Å²) in [7, 11) is 1.96. The fourth-order valence-corrected chi connectivity index (χ4v) is 3.01. The van der Waals surface area contributed by atoms with E-state index in [1.54, 1.807) is 11.3 Å². The topological polar surface area (TPSA) is 42.7 Å². The molecule has 2 aromatic heterocycles. The van der Waals surface area contributed by atoms with Gasteiger partial charge in [0.2, 0.25) is 0 Å². The number of fused-ring (bicyclic) bond motifs is 1. The fraction of sp³-hybridized carbons (Fsp3) is 0.286. The highest BCUT2D eigenvalue weighted by atomic mass is 32.1. The minimum absolute atomic E-state index is 0.775. The van der Waals surface area contributed by atoms with Crippen LogP contribution < -0.4 is 5.32 Å². The molecule has 3 aromatic rings. The molecule has 0 bridgehead atoms.